The van der Waals surface area contributed by atoms with Crippen molar-refractivity contribution < 1.29 is 13.2 Å². The van der Waals surface area contributed by atoms with E-state index in [0.29, 0.717) is 35.9 Å². The lowest BCUT2D eigenvalue weighted by atomic mass is 9.47. The number of nitrogens with one attached hydrogen (secondary N) is 3. The van der Waals surface area contributed by atoms with E-state index in [1.165, 1.54) is 50.7 Å². The first-order chi connectivity index (χ1) is 15.8. The standard InChI is InChI=1S/C25H36N4O3S/c1-2-22(25-13-17-9-18(14-25)11-19(10-17)15-25)27-16-24(30)28-20-5-3-6-21(12-20)33(31,32)29-23-7-4-8-26-23/h3,5-6,12,17-19,22,27H,2,4,7-11,13-16H2,1H3,(H,26,29)(H,28,30)/t17?,18?,19?,22-,25?/m0/s1. The number of nitrogens with zero attached hydrogens (tertiary/aromatic N) is 1. The van der Waals surface area contributed by atoms with E-state index in [1.807, 2.05) is 0 Å². The van der Waals surface area contributed by atoms with Gasteiger partial charge in [0.1, 0.15) is 5.84 Å². The van der Waals surface area contributed by atoms with Crippen LogP contribution in [0.2, 0.25) is 0 Å². The van der Waals surface area contributed by atoms with Gasteiger partial charge in [-0.25, -0.2) is 8.42 Å². The molecule has 8 heteroatoms. The zero-order valence-corrected chi connectivity index (χ0v) is 20.3. The highest BCUT2D eigenvalue weighted by Gasteiger charge is 2.53. The second-order valence-corrected chi connectivity index (χ2v) is 12.4. The van der Waals surface area contributed by atoms with Gasteiger partial charge in [-0.2, -0.15) is 0 Å². The van der Waals surface area contributed by atoms with Crippen LogP contribution in [0.4, 0.5) is 5.69 Å². The third-order valence-corrected chi connectivity index (χ3v) is 9.68. The molecule has 3 N–H and O–H groups in total. The van der Waals surface area contributed by atoms with E-state index < -0.39 is 10.0 Å². The monoisotopic (exact) mass is 472 g/mol. The third kappa shape index (κ3) is 4.83. The Balaban J connectivity index is 1.19. The average Bonchev–Trinajstić information content (AvgIpc) is 3.25. The fourth-order valence-electron chi connectivity index (χ4n) is 7.40. The van der Waals surface area contributed by atoms with Gasteiger partial charge < -0.3 is 10.6 Å². The molecular formula is C25H36N4O3S. The van der Waals surface area contributed by atoms with Gasteiger partial charge in [0.05, 0.1) is 11.4 Å². The SMILES string of the molecule is CC[C@H](NCC(=O)Nc1cccc(S(=O)(=O)NC2=NCCC2)c1)C12CC3CC(CC(C3)C1)C2. The second-order valence-electron chi connectivity index (χ2n) is 10.7. The van der Waals surface area contributed by atoms with Crippen LogP contribution < -0.4 is 15.4 Å². The van der Waals surface area contributed by atoms with Crippen molar-refractivity contribution >= 4 is 27.5 Å². The van der Waals surface area contributed by atoms with Crippen molar-refractivity contribution in [3.8, 4) is 0 Å². The molecule has 1 heterocycles. The Morgan fingerprint density at radius 2 is 1.85 bits per heavy atom. The number of aliphatic imine (C=N–C) groups is 1. The molecule has 33 heavy (non-hydrogen) atoms. The summed E-state index contributed by atoms with van der Waals surface area (Å²) < 4.78 is 27.9. The van der Waals surface area contributed by atoms with E-state index in [0.717, 1.165) is 30.6 Å². The number of hydrogen-bond donors (Lipinski definition) is 3. The van der Waals surface area contributed by atoms with Crippen LogP contribution >= 0.6 is 0 Å². The number of carbonyl (C=O) groups is 1. The number of rotatable bonds is 8. The largest absolute Gasteiger partial charge is 0.325 e. The van der Waals surface area contributed by atoms with Gasteiger partial charge in [-0.15, -0.1) is 0 Å². The molecule has 4 aliphatic carbocycles. The van der Waals surface area contributed by atoms with Crippen molar-refractivity contribution in [2.24, 2.45) is 28.2 Å². The fourth-order valence-corrected chi connectivity index (χ4v) is 8.53. The Morgan fingerprint density at radius 3 is 2.45 bits per heavy atom. The van der Waals surface area contributed by atoms with E-state index in [-0.39, 0.29) is 17.3 Å². The maximum atomic E-state index is 12.7. The van der Waals surface area contributed by atoms with Crippen LogP contribution in [-0.4, -0.2) is 39.3 Å². The first kappa shape index (κ1) is 22.8. The van der Waals surface area contributed by atoms with Gasteiger partial charge in [0, 0.05) is 24.7 Å². The molecule has 1 atom stereocenters. The lowest BCUT2D eigenvalue weighted by molar-refractivity contribution is -0.116. The van der Waals surface area contributed by atoms with Crippen molar-refractivity contribution in [3.63, 3.8) is 0 Å². The Labute approximate surface area is 197 Å². The van der Waals surface area contributed by atoms with E-state index in [2.05, 4.69) is 27.3 Å². The summed E-state index contributed by atoms with van der Waals surface area (Å²) in [4.78, 5) is 17.1. The molecule has 4 saturated carbocycles. The Bertz CT molecular complexity index is 1000. The quantitative estimate of drug-likeness (QED) is 0.537. The molecule has 180 valence electrons. The summed E-state index contributed by atoms with van der Waals surface area (Å²) in [6.45, 7) is 3.12. The summed E-state index contributed by atoms with van der Waals surface area (Å²) in [7, 11) is -3.71. The molecule has 0 unspecified atom stereocenters. The Hall–Kier alpha value is -1.93. The molecule has 7 nitrogen and oxygen atoms in total. The van der Waals surface area contributed by atoms with Crippen LogP contribution in [0.5, 0.6) is 0 Å². The van der Waals surface area contributed by atoms with Crippen molar-refractivity contribution in [3.05, 3.63) is 24.3 Å². The predicted octanol–water partition coefficient (Wildman–Crippen LogP) is 3.68. The van der Waals surface area contributed by atoms with Gasteiger partial charge in [-0.3, -0.25) is 14.5 Å². The zero-order chi connectivity index (χ0) is 23.1. The molecule has 1 aromatic carbocycles. The van der Waals surface area contributed by atoms with E-state index in [9.17, 15) is 13.2 Å². The zero-order valence-electron chi connectivity index (χ0n) is 19.5. The molecule has 0 spiro atoms. The summed E-state index contributed by atoms with van der Waals surface area (Å²) in [6, 6.07) is 6.77. The highest BCUT2D eigenvalue weighted by Crippen LogP contribution is 2.61. The van der Waals surface area contributed by atoms with Gasteiger partial charge in [-0.05, 0) is 92.7 Å². The van der Waals surface area contributed by atoms with Crippen LogP contribution in [0.1, 0.15) is 64.7 Å². The van der Waals surface area contributed by atoms with Crippen LogP contribution in [0.15, 0.2) is 34.2 Å². The second kappa shape index (κ2) is 9.02. The lowest BCUT2D eigenvalue weighted by Gasteiger charge is -2.59. The lowest BCUT2D eigenvalue weighted by Crippen LogP contribution is -2.56. The molecule has 0 aromatic heterocycles. The molecule has 6 rings (SSSR count). The highest BCUT2D eigenvalue weighted by molar-refractivity contribution is 7.90. The molecule has 1 amide bonds. The summed E-state index contributed by atoms with van der Waals surface area (Å²) in [5, 5.41) is 6.46. The number of amidine groups is 1. The molecule has 1 aromatic rings. The van der Waals surface area contributed by atoms with Crippen molar-refractivity contribution in [1.29, 1.82) is 0 Å². The molecule has 4 fully saturated rings. The van der Waals surface area contributed by atoms with Gasteiger partial charge >= 0.3 is 0 Å². The molecule has 1 aliphatic heterocycles. The van der Waals surface area contributed by atoms with Gasteiger partial charge in [-0.1, -0.05) is 13.0 Å². The van der Waals surface area contributed by atoms with Gasteiger partial charge in [0.25, 0.3) is 10.0 Å². The summed E-state index contributed by atoms with van der Waals surface area (Å²) in [5.74, 6) is 3.02. The smallest absolute Gasteiger partial charge is 0.262 e. The number of benzene rings is 1. The summed E-state index contributed by atoms with van der Waals surface area (Å²) in [5.41, 5.74) is 0.841. The van der Waals surface area contributed by atoms with E-state index in [4.69, 9.17) is 0 Å². The molecule has 4 bridgehead atoms. The van der Waals surface area contributed by atoms with Crippen LogP contribution in [-0.2, 0) is 14.8 Å². The normalized spacial score (nSPS) is 31.3. The van der Waals surface area contributed by atoms with Crippen LogP contribution in [0.25, 0.3) is 0 Å². The van der Waals surface area contributed by atoms with Crippen molar-refractivity contribution in [2.45, 2.75) is 75.6 Å². The summed E-state index contributed by atoms with van der Waals surface area (Å²) in [6.07, 6.45) is 10.7. The first-order valence-corrected chi connectivity index (χ1v) is 14.0. The highest BCUT2D eigenvalue weighted by atomic mass is 32.2. The molecule has 0 radical (unpaired) electrons. The minimum absolute atomic E-state index is 0.128. The maximum Gasteiger partial charge on any atom is 0.262 e. The number of sulfonamides is 1. The fraction of sp³-hybridized carbons (Fsp3) is 0.680. The maximum absolute atomic E-state index is 12.7. The first-order valence-electron chi connectivity index (χ1n) is 12.5. The molecule has 0 saturated heterocycles. The van der Waals surface area contributed by atoms with Crippen molar-refractivity contribution in [1.82, 2.24) is 10.0 Å². The molecule has 5 aliphatic rings. The Morgan fingerprint density at radius 1 is 1.15 bits per heavy atom. The van der Waals surface area contributed by atoms with Crippen LogP contribution in [0, 0.1) is 23.2 Å². The number of anilines is 1. The van der Waals surface area contributed by atoms with Crippen LogP contribution in [0.3, 0.4) is 0 Å². The third-order valence-electron chi connectivity index (χ3n) is 8.30. The summed E-state index contributed by atoms with van der Waals surface area (Å²) >= 11 is 0. The minimum atomic E-state index is -3.71. The van der Waals surface area contributed by atoms with E-state index in [1.54, 1.807) is 12.1 Å². The topological polar surface area (TPSA) is 99.7 Å². The minimum Gasteiger partial charge on any atom is -0.325 e. The number of amides is 1. The average molecular weight is 473 g/mol. The predicted molar refractivity (Wildman–Crippen MR) is 130 cm³/mol. The van der Waals surface area contributed by atoms with Crippen molar-refractivity contribution in [2.75, 3.05) is 18.4 Å². The number of carbonyl (C=O) groups excluding carboxylic acids is 1. The molecular weight excluding hydrogens is 436 g/mol. The van der Waals surface area contributed by atoms with Gasteiger partial charge in [0.15, 0.2) is 0 Å². The Kier molecular flexibility index (Phi) is 6.25. The van der Waals surface area contributed by atoms with E-state index >= 15 is 0 Å². The number of hydrogen-bond acceptors (Lipinski definition) is 5. The van der Waals surface area contributed by atoms with Gasteiger partial charge in [0.2, 0.25) is 5.91 Å².